The second-order valence-electron chi connectivity index (χ2n) is 38.0. The van der Waals surface area contributed by atoms with Crippen molar-refractivity contribution in [3.05, 3.63) is 147 Å². The van der Waals surface area contributed by atoms with E-state index in [9.17, 15) is 76.0 Å². The number of oxime groups is 5. The van der Waals surface area contributed by atoms with E-state index in [4.69, 9.17) is 53.5 Å². The van der Waals surface area contributed by atoms with Crippen LogP contribution in [0.15, 0.2) is 122 Å². The first kappa shape index (κ1) is 114. The van der Waals surface area contributed by atoms with E-state index < -0.39 is 145 Å². The molecule has 1 saturated heterocycles. The molecule has 11 heterocycles. The van der Waals surface area contributed by atoms with E-state index in [1.54, 1.807) is 63.0 Å². The lowest BCUT2D eigenvalue weighted by Gasteiger charge is -2.29. The van der Waals surface area contributed by atoms with Gasteiger partial charge in [-0.2, -0.15) is 0 Å². The maximum absolute atomic E-state index is 12.9. The number of carboxylic acid groups (broad SMARTS) is 2. The molecule has 6 fully saturated rings. The Balaban J connectivity index is 0.000000171. The topological polar surface area (TPSA) is 567 Å². The van der Waals surface area contributed by atoms with Crippen LogP contribution in [0.2, 0.25) is 0 Å². The fourth-order valence-corrected chi connectivity index (χ4v) is 19.0. The van der Waals surface area contributed by atoms with Gasteiger partial charge >= 0.3 is 23.9 Å². The highest BCUT2D eigenvalue weighted by Gasteiger charge is 2.53. The highest BCUT2D eigenvalue weighted by atomic mass is 79.9. The molecule has 11 aliphatic rings. The molecule has 5 aromatic heterocycles. The van der Waals surface area contributed by atoms with Crippen LogP contribution in [0.4, 0.5) is 0 Å². The number of sulfone groups is 5. The molecule has 5 aliphatic carbocycles. The van der Waals surface area contributed by atoms with Gasteiger partial charge in [0.15, 0.2) is 79.2 Å². The van der Waals surface area contributed by atoms with Gasteiger partial charge in [-0.05, 0) is 202 Å². The SMILES string of the molecule is CC(CC1CC(c2ccc(C#CC3CC3)cn2)=NO1)(C(=O)NO)S(C)(=O)=O.CC(CC1CC(c2ccc(C#CC3CC3)cn2)=NO1)(C(=O)NOC1CCCCO1)S(C)(=O)=O.CC(CC1CC(c2ccc(C#CC3CC3)cn2)=NO1)(C(=O)O)S(C)(=O)=O.CCOC(=O)C(C)(CC1CC(c2ccc(Br)cn2)=NO1)S(C)(=O)=O.CCOC(=O)C(C)(CC1CC(c2ccc(C#CC3CC3)cn2)=NO1)S(C)(=O)=O.O=C(O)C#CC1CC1. The second-order valence-corrected chi connectivity index (χ2v) is 51.2. The molecule has 46 heteroatoms. The van der Waals surface area contributed by atoms with E-state index in [1.807, 2.05) is 42.5 Å². The zero-order valence-corrected chi connectivity index (χ0v) is 88.5. The van der Waals surface area contributed by atoms with Crippen molar-refractivity contribution in [3.8, 4) is 59.2 Å². The Morgan fingerprint density at radius 2 is 0.671 bits per heavy atom. The summed E-state index contributed by atoms with van der Waals surface area (Å²) in [5.74, 6) is 26.5. The number of amides is 2. The van der Waals surface area contributed by atoms with E-state index >= 15 is 0 Å². The third-order valence-electron chi connectivity index (χ3n) is 25.4. The van der Waals surface area contributed by atoms with Crippen molar-refractivity contribution in [1.82, 2.24) is 35.9 Å². The van der Waals surface area contributed by atoms with Crippen LogP contribution in [-0.2, 0) is 121 Å². The normalized spacial score (nSPS) is 21.6. The molecule has 0 aromatic carbocycles. The largest absolute Gasteiger partial charge is 0.480 e. The number of nitrogens with zero attached hydrogens (tertiary/aromatic N) is 10. The Morgan fingerprint density at radius 3 is 0.911 bits per heavy atom. The molecule has 6 aliphatic heterocycles. The molecule has 0 spiro atoms. The average molecular weight is 2180 g/mol. The van der Waals surface area contributed by atoms with Crippen molar-refractivity contribution in [2.45, 2.75) is 257 Å². The number of carbonyl (C=O) groups is 6. The van der Waals surface area contributed by atoms with E-state index in [2.05, 4.69) is 131 Å². The van der Waals surface area contributed by atoms with Gasteiger partial charge < -0.3 is 48.6 Å². The van der Waals surface area contributed by atoms with Crippen LogP contribution in [0.5, 0.6) is 0 Å². The number of ether oxygens (including phenoxy) is 3. The van der Waals surface area contributed by atoms with Crippen molar-refractivity contribution in [2.75, 3.05) is 51.1 Å². The summed E-state index contributed by atoms with van der Waals surface area (Å²) in [5, 5.41) is 46.3. The molecule has 146 heavy (non-hydrogen) atoms. The van der Waals surface area contributed by atoms with Gasteiger partial charge in [0.1, 0.15) is 59.1 Å². The van der Waals surface area contributed by atoms with Gasteiger partial charge in [0.05, 0.1) is 41.7 Å². The van der Waals surface area contributed by atoms with Crippen LogP contribution in [0, 0.1) is 88.8 Å². The standard InChI is InChI=1S/C23H29N3O6S.C20H24N2O5S.C18H21N3O5S.C18H20N2O5S.C15H19BrN2O5S.C6H6O2/c1-23(33(2,28)29,22(27)26-32-21-5-3-4-12-30-21)14-18-13-20(25-31-18)19-11-10-17(15-24-19)9-8-16-6-7-16;1-4-26-19(23)20(2,28(3,24)25)12-16-11-18(22-27-16)17-10-9-15(13-21-17)8-7-14-5-6-14;1-18(17(22)20-23,27(2,24)25)10-14-9-16(21-26-14)15-8-7-13(11-19-15)6-5-12-3-4-12;1-18(17(21)22,26(2,23)24)10-14-9-16(20-25-14)15-8-7-13(11-19-15)6-5-12-3-4-12;1-4-22-14(19)15(2,24(3,20)21)8-11-7-13(18-23-11)12-6-5-10(16)9-17-12;7-6(8)4-3-5-1-2-5/h10-11,15-16,18,21H,3-7,12-14H2,1-2H3,(H,26,27);9-10,13-14,16H,4-6,11-12H2,1-3H3;7-8,11-12,14,23H,3-4,9-10H2,1-2H3,(H,20,22);7-8,11-12,14H,3-4,9-10H2,1-2H3,(H,21,22);5-6,9,11H,4,7-8H2,1-3H3;5H,1-2H2,(H,7,8). The summed E-state index contributed by atoms with van der Waals surface area (Å²) < 4.78 is 129. The van der Waals surface area contributed by atoms with E-state index in [0.717, 1.165) is 109 Å². The van der Waals surface area contributed by atoms with E-state index in [0.29, 0.717) is 132 Å². The number of hydroxylamine groups is 2. The molecule has 16 rings (SSSR count). The Bertz CT molecular complexity index is 6760. The van der Waals surface area contributed by atoms with Crippen LogP contribution in [0.25, 0.3) is 0 Å². The van der Waals surface area contributed by atoms with Crippen LogP contribution < -0.4 is 11.0 Å². The predicted octanol–water partition coefficient (Wildman–Crippen LogP) is 9.42. The second kappa shape index (κ2) is 49.6. The van der Waals surface area contributed by atoms with Crippen molar-refractivity contribution < 1.29 is 130 Å². The fourth-order valence-electron chi connectivity index (χ4n) is 14.5. The molecule has 5 N–H and O–H groups in total. The van der Waals surface area contributed by atoms with Crippen molar-refractivity contribution >= 4 is 129 Å². The summed E-state index contributed by atoms with van der Waals surface area (Å²) in [5.41, 5.74) is 13.2. The number of halogens is 1. The van der Waals surface area contributed by atoms with Gasteiger partial charge in [-0.1, -0.05) is 79.1 Å². The summed E-state index contributed by atoms with van der Waals surface area (Å²) >= 11 is 3.31. The zero-order valence-electron chi connectivity index (χ0n) is 82.8. The summed E-state index contributed by atoms with van der Waals surface area (Å²) in [7, 11) is -18.8. The Hall–Kier alpha value is -12.2. The molecule has 0 bridgehead atoms. The number of aromatic nitrogens is 5. The smallest absolute Gasteiger partial charge is 0.381 e. The molecule has 5 aromatic rings. The first-order chi connectivity index (χ1) is 68.8. The number of aliphatic carboxylic acids is 2. The summed E-state index contributed by atoms with van der Waals surface area (Å²) in [4.78, 5) is 124. The number of carboxylic acids is 2. The monoisotopic (exact) mass is 2170 g/mol. The van der Waals surface area contributed by atoms with Gasteiger partial charge in [0, 0.05) is 202 Å². The summed E-state index contributed by atoms with van der Waals surface area (Å²) in [6.45, 7) is 10.6. The quantitative estimate of drug-likeness (QED) is 0.0129. The first-order valence-corrected chi connectivity index (χ1v) is 57.6. The minimum Gasteiger partial charge on any atom is -0.480 e. The lowest BCUT2D eigenvalue weighted by Crippen LogP contribution is -2.52. The summed E-state index contributed by atoms with van der Waals surface area (Å²) in [6, 6.07) is 18.3. The first-order valence-electron chi connectivity index (χ1n) is 47.3. The molecular weight excluding hydrogens is 2060 g/mol. The minimum atomic E-state index is -3.81. The van der Waals surface area contributed by atoms with Crippen molar-refractivity contribution in [1.29, 1.82) is 0 Å². The van der Waals surface area contributed by atoms with Gasteiger partial charge in [0.25, 0.3) is 11.8 Å². The predicted molar refractivity (Wildman–Crippen MR) is 539 cm³/mol. The summed E-state index contributed by atoms with van der Waals surface area (Å²) in [6.07, 6.45) is 25.0. The Labute approximate surface area is 858 Å². The molecule has 784 valence electrons. The number of hydrogen-bond donors (Lipinski definition) is 5. The van der Waals surface area contributed by atoms with Gasteiger partial charge in [-0.25, -0.2) is 62.7 Å². The number of pyridine rings is 5. The van der Waals surface area contributed by atoms with Crippen molar-refractivity contribution in [2.24, 2.45) is 55.4 Å². The van der Waals surface area contributed by atoms with Crippen LogP contribution >= 0.6 is 15.9 Å². The third-order valence-corrected chi connectivity index (χ3v) is 35.8. The fraction of sp³-hybridized carbons (Fsp3) is 0.540. The van der Waals surface area contributed by atoms with Gasteiger partial charge in [-0.15, -0.1) is 0 Å². The maximum Gasteiger partial charge on any atom is 0.381 e. The number of nitrogens with one attached hydrogen (secondary N) is 2. The third kappa shape index (κ3) is 32.4. The molecule has 0 radical (unpaired) electrons. The Morgan fingerprint density at radius 1 is 0.390 bits per heavy atom. The average Bonchev–Trinajstić information content (AvgIpc) is 1.32. The lowest BCUT2D eigenvalue weighted by atomic mass is 9.98. The molecule has 11 unspecified atom stereocenters. The van der Waals surface area contributed by atoms with Crippen LogP contribution in [0.1, 0.15) is 247 Å². The van der Waals surface area contributed by atoms with Gasteiger partial charge in [0.2, 0.25) is 0 Å². The molecular formula is C100H119BrN12O28S5. The number of hydrogen-bond acceptors (Lipinski definition) is 36. The lowest BCUT2D eigenvalue weighted by molar-refractivity contribution is -0.201. The molecule has 2 amide bonds. The highest BCUT2D eigenvalue weighted by Crippen LogP contribution is 2.38. The van der Waals surface area contributed by atoms with E-state index in [-0.39, 0.29) is 45.3 Å². The Kier molecular flexibility index (Phi) is 38.7. The minimum absolute atomic E-state index is 0.0335. The van der Waals surface area contributed by atoms with Crippen LogP contribution in [0.3, 0.4) is 0 Å². The zero-order chi connectivity index (χ0) is 106. The molecule has 11 atom stereocenters. The number of carbonyl (C=O) groups excluding carboxylic acids is 4. The highest BCUT2D eigenvalue weighted by molar-refractivity contribution is 9.10. The molecule has 40 nitrogen and oxygen atoms in total. The van der Waals surface area contributed by atoms with E-state index in [1.165, 1.54) is 65.8 Å². The number of rotatable bonds is 29. The van der Waals surface area contributed by atoms with Crippen molar-refractivity contribution in [3.63, 3.8) is 0 Å². The number of esters is 2. The molecule has 5 saturated carbocycles. The van der Waals surface area contributed by atoms with Gasteiger partial charge in [-0.3, -0.25) is 54.1 Å². The van der Waals surface area contributed by atoms with Crippen LogP contribution in [-0.4, -0.2) is 258 Å². The maximum atomic E-state index is 12.9.